The molecule has 0 radical (unpaired) electrons. The number of carbonyl (C=O) groups is 2. The summed E-state index contributed by atoms with van der Waals surface area (Å²) >= 11 is 10.8. The van der Waals surface area contributed by atoms with Gasteiger partial charge in [0.25, 0.3) is 10.5 Å². The molecule has 0 aromatic heterocycles. The summed E-state index contributed by atoms with van der Waals surface area (Å²) in [6.07, 6.45) is 0.838. The molecule has 0 saturated carbocycles. The highest BCUT2D eigenvalue weighted by molar-refractivity contribution is 6.68. The maximum atomic E-state index is 11.0. The Hall–Kier alpha value is -1.64. The van der Waals surface area contributed by atoms with Crippen LogP contribution in [-0.4, -0.2) is 10.5 Å². The van der Waals surface area contributed by atoms with Crippen LogP contribution in [0.15, 0.2) is 48.5 Å². The van der Waals surface area contributed by atoms with Gasteiger partial charge in [-0.3, -0.25) is 9.59 Å². The fourth-order valence-electron chi connectivity index (χ4n) is 2.19. The van der Waals surface area contributed by atoms with Gasteiger partial charge in [-0.25, -0.2) is 0 Å². The first kappa shape index (κ1) is 15.7. The Balaban J connectivity index is 2.08. The molecule has 2 nitrogen and oxygen atoms in total. The van der Waals surface area contributed by atoms with E-state index in [1.807, 2.05) is 24.3 Å². The SMILES string of the molecule is CC(Cc1ccc(C(=O)Cl)cc1)c1ccc(C(=O)Cl)cc1. The summed E-state index contributed by atoms with van der Waals surface area (Å²) in [6.45, 7) is 2.11. The van der Waals surface area contributed by atoms with Gasteiger partial charge in [-0.15, -0.1) is 0 Å². The van der Waals surface area contributed by atoms with Crippen LogP contribution in [0.1, 0.15) is 44.7 Å². The Morgan fingerprint density at radius 3 is 1.71 bits per heavy atom. The van der Waals surface area contributed by atoms with Gasteiger partial charge >= 0.3 is 0 Å². The molecular weight excluding hydrogens is 307 g/mol. The molecule has 0 bridgehead atoms. The Morgan fingerprint density at radius 2 is 1.29 bits per heavy atom. The van der Waals surface area contributed by atoms with Crippen molar-refractivity contribution in [2.75, 3.05) is 0 Å². The molecule has 1 atom stereocenters. The highest BCUT2D eigenvalue weighted by Crippen LogP contribution is 2.21. The van der Waals surface area contributed by atoms with Crippen molar-refractivity contribution in [3.8, 4) is 0 Å². The molecule has 0 saturated heterocycles. The van der Waals surface area contributed by atoms with E-state index in [2.05, 4.69) is 6.92 Å². The molecule has 0 aliphatic heterocycles. The lowest BCUT2D eigenvalue weighted by Crippen LogP contribution is -2.00. The minimum Gasteiger partial charge on any atom is -0.276 e. The molecular formula is C17H14Cl2O2. The standard InChI is InChI=1S/C17H14Cl2O2/c1-11(13-6-8-15(9-7-13)17(19)21)10-12-2-4-14(5-3-12)16(18)20/h2-9,11H,10H2,1H3. The van der Waals surface area contributed by atoms with Crippen LogP contribution in [0.3, 0.4) is 0 Å². The van der Waals surface area contributed by atoms with E-state index in [-0.39, 0.29) is 0 Å². The number of hydrogen-bond donors (Lipinski definition) is 0. The van der Waals surface area contributed by atoms with E-state index >= 15 is 0 Å². The van der Waals surface area contributed by atoms with Crippen LogP contribution in [0, 0.1) is 0 Å². The summed E-state index contributed by atoms with van der Waals surface area (Å²) in [5, 5.41) is -0.897. The minimum absolute atomic E-state index is 0.294. The van der Waals surface area contributed by atoms with E-state index < -0.39 is 10.5 Å². The Bertz CT molecular complexity index is 645. The molecule has 4 heteroatoms. The summed E-state index contributed by atoms with van der Waals surface area (Å²) in [7, 11) is 0. The van der Waals surface area contributed by atoms with Crippen LogP contribution in [0.2, 0.25) is 0 Å². The average molecular weight is 321 g/mol. The van der Waals surface area contributed by atoms with Gasteiger partial charge in [0.2, 0.25) is 0 Å². The summed E-state index contributed by atoms with van der Waals surface area (Å²) in [6, 6.07) is 14.6. The molecule has 1 unspecified atom stereocenters. The molecule has 0 N–H and O–H groups in total. The van der Waals surface area contributed by atoms with Crippen molar-refractivity contribution in [2.24, 2.45) is 0 Å². The van der Waals surface area contributed by atoms with Gasteiger partial charge in [0.15, 0.2) is 0 Å². The third kappa shape index (κ3) is 4.16. The topological polar surface area (TPSA) is 34.1 Å². The van der Waals surface area contributed by atoms with Gasteiger partial charge in [0.1, 0.15) is 0 Å². The van der Waals surface area contributed by atoms with Crippen molar-refractivity contribution >= 4 is 33.7 Å². The van der Waals surface area contributed by atoms with Crippen LogP contribution >= 0.6 is 23.2 Å². The van der Waals surface area contributed by atoms with Crippen LogP contribution < -0.4 is 0 Å². The van der Waals surface area contributed by atoms with Crippen LogP contribution in [0.25, 0.3) is 0 Å². The van der Waals surface area contributed by atoms with Crippen molar-refractivity contribution in [3.63, 3.8) is 0 Å². The molecule has 2 rings (SSSR count). The monoisotopic (exact) mass is 320 g/mol. The second kappa shape index (κ2) is 6.88. The van der Waals surface area contributed by atoms with E-state index in [9.17, 15) is 9.59 Å². The summed E-state index contributed by atoms with van der Waals surface area (Å²) in [5.41, 5.74) is 3.26. The average Bonchev–Trinajstić information content (AvgIpc) is 2.47. The zero-order chi connectivity index (χ0) is 15.4. The van der Waals surface area contributed by atoms with E-state index in [0.717, 1.165) is 17.5 Å². The van der Waals surface area contributed by atoms with Crippen molar-refractivity contribution in [3.05, 3.63) is 70.8 Å². The molecule has 0 fully saturated rings. The van der Waals surface area contributed by atoms with Crippen molar-refractivity contribution in [1.82, 2.24) is 0 Å². The first-order valence-electron chi connectivity index (χ1n) is 6.56. The lowest BCUT2D eigenvalue weighted by atomic mass is 9.93. The highest BCUT2D eigenvalue weighted by Gasteiger charge is 2.09. The normalized spacial score (nSPS) is 12.0. The Labute approximate surface area is 133 Å². The summed E-state index contributed by atoms with van der Waals surface area (Å²) < 4.78 is 0. The Kier molecular flexibility index (Phi) is 5.16. The van der Waals surface area contributed by atoms with Crippen molar-refractivity contribution in [1.29, 1.82) is 0 Å². The molecule has 0 amide bonds. The van der Waals surface area contributed by atoms with E-state index in [4.69, 9.17) is 23.2 Å². The summed E-state index contributed by atoms with van der Waals surface area (Å²) in [5.74, 6) is 0.294. The molecule has 21 heavy (non-hydrogen) atoms. The maximum Gasteiger partial charge on any atom is 0.252 e. The fourth-order valence-corrected chi connectivity index (χ4v) is 2.44. The molecule has 0 heterocycles. The van der Waals surface area contributed by atoms with E-state index in [1.54, 1.807) is 24.3 Å². The van der Waals surface area contributed by atoms with Gasteiger partial charge in [0.05, 0.1) is 0 Å². The number of benzene rings is 2. The lowest BCUT2D eigenvalue weighted by Gasteiger charge is -2.12. The van der Waals surface area contributed by atoms with Gasteiger partial charge in [-0.2, -0.15) is 0 Å². The number of hydrogen-bond acceptors (Lipinski definition) is 2. The largest absolute Gasteiger partial charge is 0.276 e. The van der Waals surface area contributed by atoms with Gasteiger partial charge in [-0.05, 0) is 70.9 Å². The number of halogens is 2. The predicted molar refractivity (Wildman–Crippen MR) is 85.4 cm³/mol. The smallest absolute Gasteiger partial charge is 0.252 e. The molecule has 108 valence electrons. The third-order valence-electron chi connectivity index (χ3n) is 3.43. The van der Waals surface area contributed by atoms with Crippen molar-refractivity contribution < 1.29 is 9.59 Å². The van der Waals surface area contributed by atoms with Crippen LogP contribution in [0.5, 0.6) is 0 Å². The van der Waals surface area contributed by atoms with Gasteiger partial charge in [-0.1, -0.05) is 31.2 Å². The second-order valence-electron chi connectivity index (χ2n) is 4.97. The van der Waals surface area contributed by atoms with E-state index in [1.165, 1.54) is 0 Å². The lowest BCUT2D eigenvalue weighted by molar-refractivity contribution is 0.107. The minimum atomic E-state index is -0.449. The Morgan fingerprint density at radius 1 is 0.857 bits per heavy atom. The van der Waals surface area contributed by atoms with Gasteiger partial charge in [0, 0.05) is 11.1 Å². The van der Waals surface area contributed by atoms with Crippen LogP contribution in [-0.2, 0) is 6.42 Å². The number of rotatable bonds is 5. The predicted octanol–water partition coefficient (Wildman–Crippen LogP) is 4.79. The third-order valence-corrected chi connectivity index (χ3v) is 3.87. The molecule has 0 aliphatic rings. The zero-order valence-corrected chi connectivity index (χ0v) is 13.0. The quantitative estimate of drug-likeness (QED) is 0.742. The molecule has 2 aromatic rings. The zero-order valence-electron chi connectivity index (χ0n) is 11.5. The van der Waals surface area contributed by atoms with E-state index in [0.29, 0.717) is 17.0 Å². The van der Waals surface area contributed by atoms with Crippen molar-refractivity contribution in [2.45, 2.75) is 19.3 Å². The molecule has 0 aliphatic carbocycles. The summed E-state index contributed by atoms with van der Waals surface area (Å²) in [4.78, 5) is 22.0. The highest BCUT2D eigenvalue weighted by atomic mass is 35.5. The first-order chi connectivity index (χ1) is 9.97. The fraction of sp³-hybridized carbons (Fsp3) is 0.176. The van der Waals surface area contributed by atoms with Gasteiger partial charge < -0.3 is 0 Å². The number of carbonyl (C=O) groups excluding carboxylic acids is 2. The maximum absolute atomic E-state index is 11.0. The first-order valence-corrected chi connectivity index (χ1v) is 7.31. The molecule has 0 spiro atoms. The second-order valence-corrected chi connectivity index (χ2v) is 5.66. The molecule has 2 aromatic carbocycles. The van der Waals surface area contributed by atoms with Crippen LogP contribution in [0.4, 0.5) is 0 Å².